The van der Waals surface area contributed by atoms with Crippen molar-refractivity contribution in [3.63, 3.8) is 0 Å². The van der Waals surface area contributed by atoms with Gasteiger partial charge in [-0.1, -0.05) is 35.3 Å². The van der Waals surface area contributed by atoms with Crippen LogP contribution in [0.3, 0.4) is 0 Å². The van der Waals surface area contributed by atoms with Gasteiger partial charge in [-0.05, 0) is 55.3 Å². The number of hydrogen-bond donors (Lipinski definition) is 3. The summed E-state index contributed by atoms with van der Waals surface area (Å²) in [5.74, 6) is -2.21. The van der Waals surface area contributed by atoms with Crippen LogP contribution in [0.4, 0.5) is 20.4 Å². The zero-order chi connectivity index (χ0) is 32.7. The van der Waals surface area contributed by atoms with Gasteiger partial charge in [0, 0.05) is 53.7 Å². The van der Waals surface area contributed by atoms with Crippen molar-refractivity contribution in [2.75, 3.05) is 25.5 Å². The number of rotatable bonds is 5. The number of piperidine rings is 1. The Morgan fingerprint density at radius 3 is 2.43 bits per heavy atom. The number of hydrogen-bond acceptors (Lipinski definition) is 8. The van der Waals surface area contributed by atoms with Crippen LogP contribution < -0.4 is 11.1 Å². The molecule has 10 nitrogen and oxygen atoms in total. The van der Waals surface area contributed by atoms with E-state index in [1.165, 1.54) is 25.2 Å². The third-order valence-electron chi connectivity index (χ3n) is 8.08. The van der Waals surface area contributed by atoms with Crippen LogP contribution in [0.5, 0.6) is 0 Å². The Kier molecular flexibility index (Phi) is 8.47. The van der Waals surface area contributed by atoms with E-state index in [1.54, 1.807) is 47.5 Å². The van der Waals surface area contributed by atoms with E-state index in [4.69, 9.17) is 33.9 Å². The molecule has 236 valence electrons. The lowest BCUT2D eigenvalue weighted by Crippen LogP contribution is -2.59. The molecule has 2 amide bonds. The molecule has 46 heavy (non-hydrogen) atoms. The third-order valence-corrected chi connectivity index (χ3v) is 8.63. The maximum absolute atomic E-state index is 14.8. The van der Waals surface area contributed by atoms with Crippen molar-refractivity contribution in [1.82, 2.24) is 19.9 Å². The second-order valence-corrected chi connectivity index (χ2v) is 12.0. The number of amides is 2. The molecular formula is C32H27Cl2F2N7O3. The summed E-state index contributed by atoms with van der Waals surface area (Å²) >= 11 is 12.8. The first-order valence-corrected chi connectivity index (χ1v) is 15.0. The number of carbonyl (C=O) groups excluding carboxylic acids is 2. The first kappa shape index (κ1) is 31.5. The second-order valence-electron chi connectivity index (χ2n) is 11.1. The maximum Gasteiger partial charge on any atom is 0.265 e. The van der Waals surface area contributed by atoms with Gasteiger partial charge in [0.1, 0.15) is 17.2 Å². The molecule has 1 fully saturated rings. The highest BCUT2D eigenvalue weighted by Gasteiger charge is 2.40. The number of nitrogens with one attached hydrogen (secondary N) is 1. The molecule has 1 saturated heterocycles. The number of nitrogens with two attached hydrogens (primary N) is 1. The molecule has 0 saturated carbocycles. The lowest BCUT2D eigenvalue weighted by atomic mass is 9.87. The summed E-state index contributed by atoms with van der Waals surface area (Å²) in [5.41, 5.74) is 7.69. The summed E-state index contributed by atoms with van der Waals surface area (Å²) in [7, 11) is 1.22. The topological polar surface area (TPSA) is 137 Å². The molecule has 4 N–H and O–H groups in total. The summed E-state index contributed by atoms with van der Waals surface area (Å²) in [5, 5.41) is 13.6. The van der Waals surface area contributed by atoms with Crippen molar-refractivity contribution in [2.24, 2.45) is 10.7 Å². The van der Waals surface area contributed by atoms with Crippen LogP contribution in [0.2, 0.25) is 10.0 Å². The number of halogens is 4. The SMILES string of the molecule is CN(O)C(=O)C1(N)CCN(C(=O)c2ccc(Nc3ncc4c(n3)-c3ccc(Cl)cc3C(c3c(F)cccc3F)=NC4)cc2Cl)CC1. The smallest absolute Gasteiger partial charge is 0.265 e. The zero-order valence-corrected chi connectivity index (χ0v) is 25.9. The Morgan fingerprint density at radius 1 is 1.04 bits per heavy atom. The Morgan fingerprint density at radius 2 is 1.76 bits per heavy atom. The molecule has 14 heteroatoms. The minimum Gasteiger partial charge on any atom is -0.338 e. The molecule has 0 bridgehead atoms. The third kappa shape index (κ3) is 5.92. The normalized spacial score (nSPS) is 15.3. The second kappa shape index (κ2) is 12.4. The Balaban J connectivity index is 1.24. The van der Waals surface area contributed by atoms with E-state index in [1.807, 2.05) is 0 Å². The van der Waals surface area contributed by atoms with Crippen LogP contribution in [0.1, 0.15) is 39.9 Å². The van der Waals surface area contributed by atoms with Crippen molar-refractivity contribution in [2.45, 2.75) is 24.9 Å². The Labute approximate surface area is 272 Å². The highest BCUT2D eigenvalue weighted by atomic mass is 35.5. The van der Waals surface area contributed by atoms with Gasteiger partial charge in [0.05, 0.1) is 34.1 Å². The molecule has 2 aliphatic rings. The molecule has 2 aliphatic heterocycles. The minimum absolute atomic E-state index is 0.0697. The molecule has 0 radical (unpaired) electrons. The molecular weight excluding hydrogens is 639 g/mol. The van der Waals surface area contributed by atoms with Crippen molar-refractivity contribution in [1.29, 1.82) is 0 Å². The lowest BCUT2D eigenvalue weighted by Gasteiger charge is -2.38. The quantitative estimate of drug-likeness (QED) is 0.186. The highest BCUT2D eigenvalue weighted by Crippen LogP contribution is 2.35. The fourth-order valence-electron chi connectivity index (χ4n) is 5.63. The van der Waals surface area contributed by atoms with E-state index in [9.17, 15) is 23.6 Å². The number of likely N-dealkylation sites (tertiary alicyclic amines) is 1. The molecule has 3 heterocycles. The van der Waals surface area contributed by atoms with Crippen molar-refractivity contribution in [3.8, 4) is 11.3 Å². The van der Waals surface area contributed by atoms with Crippen molar-refractivity contribution >= 4 is 52.4 Å². The van der Waals surface area contributed by atoms with Crippen LogP contribution in [-0.2, 0) is 11.3 Å². The molecule has 0 spiro atoms. The first-order valence-electron chi connectivity index (χ1n) is 14.2. The van der Waals surface area contributed by atoms with Gasteiger partial charge < -0.3 is 16.0 Å². The molecule has 3 aromatic carbocycles. The number of aliphatic imine (C=N–C) groups is 1. The largest absolute Gasteiger partial charge is 0.338 e. The number of hydroxylamine groups is 2. The molecule has 0 aliphatic carbocycles. The predicted octanol–water partition coefficient (Wildman–Crippen LogP) is 5.60. The summed E-state index contributed by atoms with van der Waals surface area (Å²) in [6.07, 6.45) is 1.96. The van der Waals surface area contributed by atoms with Crippen LogP contribution in [0.15, 0.2) is 65.8 Å². The number of fused-ring (bicyclic) bond motifs is 3. The van der Waals surface area contributed by atoms with Gasteiger partial charge >= 0.3 is 0 Å². The van der Waals surface area contributed by atoms with E-state index in [2.05, 4.69) is 15.3 Å². The lowest BCUT2D eigenvalue weighted by molar-refractivity contribution is -0.167. The van der Waals surface area contributed by atoms with Crippen LogP contribution in [-0.4, -0.2) is 68.3 Å². The van der Waals surface area contributed by atoms with Crippen molar-refractivity contribution < 1.29 is 23.6 Å². The number of nitrogens with zero attached hydrogens (tertiary/aromatic N) is 5. The number of carbonyl (C=O) groups is 2. The van der Waals surface area contributed by atoms with E-state index in [-0.39, 0.29) is 66.2 Å². The highest BCUT2D eigenvalue weighted by molar-refractivity contribution is 6.34. The Hall–Kier alpha value is -4.49. The van der Waals surface area contributed by atoms with Gasteiger partial charge in [0.15, 0.2) is 0 Å². The standard InChI is InChI=1S/C32H27Cl2F2N7O3/c1-42(46)30(45)32(37)9-11-43(12-10-32)29(44)21-8-6-19(14-23(21)34)40-31-39-16-17-15-38-28(26-24(35)3-2-4-25(26)36)22-13-18(33)5-7-20(22)27(17)41-31/h2-8,13-14,16,46H,9-12,15,37H2,1H3,(H,39,40,41). The van der Waals surface area contributed by atoms with Crippen LogP contribution in [0, 0.1) is 11.6 Å². The van der Waals surface area contributed by atoms with Crippen LogP contribution >= 0.6 is 23.2 Å². The van der Waals surface area contributed by atoms with Gasteiger partial charge in [-0.3, -0.25) is 19.8 Å². The number of anilines is 2. The van der Waals surface area contributed by atoms with E-state index >= 15 is 0 Å². The van der Waals surface area contributed by atoms with E-state index in [0.29, 0.717) is 38.2 Å². The fourth-order valence-corrected chi connectivity index (χ4v) is 6.07. The molecule has 6 rings (SSSR count). The Bertz CT molecular complexity index is 1890. The summed E-state index contributed by atoms with van der Waals surface area (Å²) in [6, 6.07) is 13.4. The monoisotopic (exact) mass is 665 g/mol. The van der Waals surface area contributed by atoms with Gasteiger partial charge in [-0.15, -0.1) is 0 Å². The van der Waals surface area contributed by atoms with Gasteiger partial charge in [0.25, 0.3) is 11.8 Å². The van der Waals surface area contributed by atoms with Crippen molar-refractivity contribution in [3.05, 3.63) is 105 Å². The first-order chi connectivity index (χ1) is 21.9. The predicted molar refractivity (Wildman–Crippen MR) is 170 cm³/mol. The van der Waals surface area contributed by atoms with Gasteiger partial charge in [-0.25, -0.2) is 23.8 Å². The maximum atomic E-state index is 14.8. The molecule has 4 aromatic rings. The average molecular weight is 667 g/mol. The minimum atomic E-state index is -1.25. The zero-order valence-electron chi connectivity index (χ0n) is 24.4. The number of benzene rings is 3. The summed E-state index contributed by atoms with van der Waals surface area (Å²) in [4.78, 5) is 40.7. The number of likely N-dealkylation sites (N-methyl/N-ethyl adjacent to an activating group) is 1. The number of aromatic nitrogens is 2. The summed E-state index contributed by atoms with van der Waals surface area (Å²) in [6.45, 7) is 0.506. The van der Waals surface area contributed by atoms with Gasteiger partial charge in [-0.2, -0.15) is 0 Å². The fraction of sp³-hybridized carbons (Fsp3) is 0.219. The molecule has 0 atom stereocenters. The van der Waals surface area contributed by atoms with Crippen LogP contribution in [0.25, 0.3) is 11.3 Å². The molecule has 0 unspecified atom stereocenters. The molecule has 1 aromatic heterocycles. The van der Waals surface area contributed by atoms with E-state index in [0.717, 1.165) is 0 Å². The summed E-state index contributed by atoms with van der Waals surface area (Å²) < 4.78 is 29.7. The average Bonchev–Trinajstić information content (AvgIpc) is 3.17. The van der Waals surface area contributed by atoms with E-state index < -0.39 is 23.1 Å². The van der Waals surface area contributed by atoms with Gasteiger partial charge in [0.2, 0.25) is 5.95 Å².